The third-order valence-electron chi connectivity index (χ3n) is 3.32. The molecule has 0 spiro atoms. The quantitative estimate of drug-likeness (QED) is 0.910. The number of hydrogen-bond acceptors (Lipinski definition) is 2. The molecule has 0 radical (unpaired) electrons. The summed E-state index contributed by atoms with van der Waals surface area (Å²) >= 11 is 0. The molecule has 106 valence electrons. The van der Waals surface area contributed by atoms with Gasteiger partial charge in [-0.3, -0.25) is 4.79 Å². The lowest BCUT2D eigenvalue weighted by molar-refractivity contribution is -0.115. The maximum Gasteiger partial charge on any atom is 0.228 e. The smallest absolute Gasteiger partial charge is 0.228 e. The first-order chi connectivity index (χ1) is 10.2. The van der Waals surface area contributed by atoms with E-state index in [-0.39, 0.29) is 5.91 Å². The number of nitriles is 1. The van der Waals surface area contributed by atoms with Crippen LogP contribution in [-0.2, 0) is 24.1 Å². The second-order valence-corrected chi connectivity index (χ2v) is 4.93. The van der Waals surface area contributed by atoms with E-state index in [2.05, 4.69) is 30.4 Å². The van der Waals surface area contributed by atoms with Gasteiger partial charge in [0.1, 0.15) is 0 Å². The Morgan fingerprint density at radius 2 is 1.57 bits per heavy atom. The largest absolute Gasteiger partial charge is 0.326 e. The molecule has 0 atom stereocenters. The molecule has 0 bridgehead atoms. The van der Waals surface area contributed by atoms with Gasteiger partial charge in [-0.2, -0.15) is 5.26 Å². The Morgan fingerprint density at radius 3 is 2.14 bits per heavy atom. The first-order valence-corrected chi connectivity index (χ1v) is 7.05. The Bertz CT molecular complexity index is 636. The SMILES string of the molecule is CCc1ccc(CC(=O)Nc2ccc(CC#N)cc2)cc1. The first kappa shape index (κ1) is 14.8. The van der Waals surface area contributed by atoms with Gasteiger partial charge in [-0.05, 0) is 35.2 Å². The molecule has 0 saturated heterocycles. The lowest BCUT2D eigenvalue weighted by Gasteiger charge is -2.06. The summed E-state index contributed by atoms with van der Waals surface area (Å²) in [6.45, 7) is 2.11. The van der Waals surface area contributed by atoms with Crippen molar-refractivity contribution in [1.82, 2.24) is 0 Å². The Morgan fingerprint density at radius 1 is 1.00 bits per heavy atom. The van der Waals surface area contributed by atoms with E-state index in [9.17, 15) is 4.79 Å². The molecule has 2 rings (SSSR count). The van der Waals surface area contributed by atoms with Crippen molar-refractivity contribution in [2.75, 3.05) is 5.32 Å². The van der Waals surface area contributed by atoms with Crippen LogP contribution in [-0.4, -0.2) is 5.91 Å². The van der Waals surface area contributed by atoms with Crippen molar-refractivity contribution in [3.8, 4) is 6.07 Å². The van der Waals surface area contributed by atoms with Crippen LogP contribution in [0.3, 0.4) is 0 Å². The Kier molecular flexibility index (Phi) is 5.11. The Labute approximate surface area is 125 Å². The fourth-order valence-electron chi connectivity index (χ4n) is 2.08. The summed E-state index contributed by atoms with van der Waals surface area (Å²) in [5.41, 5.74) is 3.98. The minimum Gasteiger partial charge on any atom is -0.326 e. The third-order valence-corrected chi connectivity index (χ3v) is 3.32. The number of hydrogen-bond donors (Lipinski definition) is 1. The van der Waals surface area contributed by atoms with Gasteiger partial charge in [0.05, 0.1) is 18.9 Å². The zero-order chi connectivity index (χ0) is 15.1. The van der Waals surface area contributed by atoms with Crippen molar-refractivity contribution in [2.45, 2.75) is 26.2 Å². The van der Waals surface area contributed by atoms with Crippen molar-refractivity contribution in [3.63, 3.8) is 0 Å². The van der Waals surface area contributed by atoms with Crippen LogP contribution in [0.1, 0.15) is 23.6 Å². The molecule has 3 nitrogen and oxygen atoms in total. The molecule has 2 aromatic carbocycles. The van der Waals surface area contributed by atoms with Crippen LogP contribution in [0.25, 0.3) is 0 Å². The van der Waals surface area contributed by atoms with E-state index >= 15 is 0 Å². The third kappa shape index (κ3) is 4.47. The van der Waals surface area contributed by atoms with Gasteiger partial charge in [-0.1, -0.05) is 43.3 Å². The van der Waals surface area contributed by atoms with Gasteiger partial charge < -0.3 is 5.32 Å². The zero-order valence-electron chi connectivity index (χ0n) is 12.1. The first-order valence-electron chi connectivity index (χ1n) is 7.05. The van der Waals surface area contributed by atoms with Crippen LogP contribution in [0.5, 0.6) is 0 Å². The summed E-state index contributed by atoms with van der Waals surface area (Å²) < 4.78 is 0. The zero-order valence-corrected chi connectivity index (χ0v) is 12.1. The number of benzene rings is 2. The Hall–Kier alpha value is -2.60. The number of aryl methyl sites for hydroxylation is 1. The summed E-state index contributed by atoms with van der Waals surface area (Å²) in [5, 5.41) is 11.5. The molecular formula is C18H18N2O. The van der Waals surface area contributed by atoms with E-state index in [1.54, 1.807) is 0 Å². The summed E-state index contributed by atoms with van der Waals surface area (Å²) in [5.74, 6) is -0.0349. The highest BCUT2D eigenvalue weighted by atomic mass is 16.1. The van der Waals surface area contributed by atoms with Gasteiger partial charge in [0.25, 0.3) is 0 Å². The molecule has 0 unspecified atom stereocenters. The predicted molar refractivity (Wildman–Crippen MR) is 83.9 cm³/mol. The van der Waals surface area contributed by atoms with Gasteiger partial charge in [-0.15, -0.1) is 0 Å². The van der Waals surface area contributed by atoms with Crippen molar-refractivity contribution in [3.05, 3.63) is 65.2 Å². The monoisotopic (exact) mass is 278 g/mol. The van der Waals surface area contributed by atoms with Crippen LogP contribution in [0, 0.1) is 11.3 Å². The number of rotatable bonds is 5. The maximum atomic E-state index is 12.0. The summed E-state index contributed by atoms with van der Waals surface area (Å²) in [6.07, 6.45) is 1.75. The van der Waals surface area contributed by atoms with Crippen molar-refractivity contribution >= 4 is 11.6 Å². The molecule has 0 heterocycles. The fraction of sp³-hybridized carbons (Fsp3) is 0.222. The molecule has 0 saturated carbocycles. The lowest BCUT2D eigenvalue weighted by Crippen LogP contribution is -2.14. The molecule has 0 fully saturated rings. The molecule has 21 heavy (non-hydrogen) atoms. The summed E-state index contributed by atoms with van der Waals surface area (Å²) in [7, 11) is 0. The number of carbonyl (C=O) groups is 1. The minimum absolute atomic E-state index is 0.0349. The summed E-state index contributed by atoms with van der Waals surface area (Å²) in [4.78, 5) is 12.0. The van der Waals surface area contributed by atoms with E-state index in [1.807, 2.05) is 36.4 Å². The molecule has 2 aromatic rings. The molecule has 0 aromatic heterocycles. The highest BCUT2D eigenvalue weighted by Crippen LogP contribution is 2.11. The fourth-order valence-corrected chi connectivity index (χ4v) is 2.08. The Balaban J connectivity index is 1.93. The second kappa shape index (κ2) is 7.25. The van der Waals surface area contributed by atoms with E-state index in [0.29, 0.717) is 12.8 Å². The van der Waals surface area contributed by atoms with Crippen LogP contribution in [0.15, 0.2) is 48.5 Å². The van der Waals surface area contributed by atoms with Gasteiger partial charge >= 0.3 is 0 Å². The van der Waals surface area contributed by atoms with E-state index in [1.165, 1.54) is 5.56 Å². The minimum atomic E-state index is -0.0349. The topological polar surface area (TPSA) is 52.9 Å². The molecule has 0 aliphatic carbocycles. The van der Waals surface area contributed by atoms with Crippen molar-refractivity contribution in [2.24, 2.45) is 0 Å². The predicted octanol–water partition coefficient (Wildman–Crippen LogP) is 3.50. The highest BCUT2D eigenvalue weighted by molar-refractivity contribution is 5.92. The lowest BCUT2D eigenvalue weighted by atomic mass is 10.1. The number of nitrogens with one attached hydrogen (secondary N) is 1. The second-order valence-electron chi connectivity index (χ2n) is 4.93. The number of carbonyl (C=O) groups excluding carboxylic acids is 1. The van der Waals surface area contributed by atoms with Crippen molar-refractivity contribution < 1.29 is 4.79 Å². The normalized spacial score (nSPS) is 9.90. The van der Waals surface area contributed by atoms with Gasteiger partial charge in [0, 0.05) is 5.69 Å². The summed E-state index contributed by atoms with van der Waals surface area (Å²) in [6, 6.07) is 17.6. The molecule has 3 heteroatoms. The standard InChI is InChI=1S/C18H18N2O/c1-2-14-3-5-16(6-4-14)13-18(21)20-17-9-7-15(8-10-17)11-12-19/h3-10H,2,11,13H2,1H3,(H,20,21). The maximum absolute atomic E-state index is 12.0. The number of nitrogens with zero attached hydrogens (tertiary/aromatic N) is 1. The van der Waals surface area contributed by atoms with E-state index in [4.69, 9.17) is 5.26 Å². The van der Waals surface area contributed by atoms with Crippen molar-refractivity contribution in [1.29, 1.82) is 5.26 Å². The van der Waals surface area contributed by atoms with Crippen LogP contribution < -0.4 is 5.32 Å². The van der Waals surface area contributed by atoms with Crippen LogP contribution >= 0.6 is 0 Å². The average Bonchev–Trinajstić information content (AvgIpc) is 2.50. The van der Waals surface area contributed by atoms with Gasteiger partial charge in [0.2, 0.25) is 5.91 Å². The molecule has 0 aliphatic rings. The van der Waals surface area contributed by atoms with Gasteiger partial charge in [0.15, 0.2) is 0 Å². The number of amides is 1. The van der Waals surface area contributed by atoms with E-state index < -0.39 is 0 Å². The van der Waals surface area contributed by atoms with Crippen LogP contribution in [0.4, 0.5) is 5.69 Å². The van der Waals surface area contributed by atoms with E-state index in [0.717, 1.165) is 23.2 Å². The van der Waals surface area contributed by atoms with Crippen LogP contribution in [0.2, 0.25) is 0 Å². The average molecular weight is 278 g/mol. The molecule has 1 amide bonds. The van der Waals surface area contributed by atoms with Gasteiger partial charge in [-0.25, -0.2) is 0 Å². The molecule has 1 N–H and O–H groups in total. The molecule has 0 aliphatic heterocycles. The highest BCUT2D eigenvalue weighted by Gasteiger charge is 2.04. The number of anilines is 1. The molecular weight excluding hydrogens is 260 g/mol.